The molecule has 1 saturated carbocycles. The molecule has 1 aliphatic carbocycles. The number of carbonyl (C=O) groups is 1. The maximum Gasteiger partial charge on any atom is 0.163 e. The Hall–Kier alpha value is -1.63. The van der Waals surface area contributed by atoms with Crippen LogP contribution in [0.5, 0.6) is 0 Å². The molecule has 0 aromatic heterocycles. The SMILES string of the molecule is Cc1ccc(C(=O)CC2CCC2)c2ccccc12. The van der Waals surface area contributed by atoms with E-state index in [2.05, 4.69) is 25.1 Å². The Kier molecular flexibility index (Phi) is 2.91. The van der Waals surface area contributed by atoms with Crippen molar-refractivity contribution in [2.45, 2.75) is 32.6 Å². The van der Waals surface area contributed by atoms with Crippen molar-refractivity contribution in [3.05, 3.63) is 47.5 Å². The first-order chi connectivity index (χ1) is 8.75. The van der Waals surface area contributed by atoms with E-state index in [-0.39, 0.29) is 0 Å². The smallest absolute Gasteiger partial charge is 0.163 e. The van der Waals surface area contributed by atoms with Crippen molar-refractivity contribution in [3.8, 4) is 0 Å². The molecule has 1 fully saturated rings. The predicted molar refractivity (Wildman–Crippen MR) is 75.0 cm³/mol. The molecule has 0 amide bonds. The molecule has 0 aliphatic heterocycles. The van der Waals surface area contributed by atoms with Crippen LogP contribution in [0.15, 0.2) is 36.4 Å². The summed E-state index contributed by atoms with van der Waals surface area (Å²) >= 11 is 0. The molecular weight excluding hydrogens is 220 g/mol. The van der Waals surface area contributed by atoms with E-state index in [1.807, 2.05) is 18.2 Å². The van der Waals surface area contributed by atoms with E-state index < -0.39 is 0 Å². The largest absolute Gasteiger partial charge is 0.294 e. The van der Waals surface area contributed by atoms with E-state index in [4.69, 9.17) is 0 Å². The first-order valence-corrected chi connectivity index (χ1v) is 6.77. The molecule has 0 heterocycles. The number of carbonyl (C=O) groups excluding carboxylic acids is 1. The Bertz CT molecular complexity index is 594. The molecule has 0 radical (unpaired) electrons. The maximum absolute atomic E-state index is 12.4. The Morgan fingerprint density at radius 2 is 1.83 bits per heavy atom. The van der Waals surface area contributed by atoms with Crippen LogP contribution in [0.4, 0.5) is 0 Å². The van der Waals surface area contributed by atoms with E-state index in [0.717, 1.165) is 17.4 Å². The zero-order valence-electron chi connectivity index (χ0n) is 10.8. The van der Waals surface area contributed by atoms with Crippen molar-refractivity contribution in [1.29, 1.82) is 0 Å². The van der Waals surface area contributed by atoms with Crippen molar-refractivity contribution in [3.63, 3.8) is 0 Å². The fourth-order valence-electron chi connectivity index (χ4n) is 2.76. The summed E-state index contributed by atoms with van der Waals surface area (Å²) in [6, 6.07) is 12.3. The van der Waals surface area contributed by atoms with Crippen LogP contribution in [-0.2, 0) is 0 Å². The summed E-state index contributed by atoms with van der Waals surface area (Å²) in [5.41, 5.74) is 2.15. The number of fused-ring (bicyclic) bond motifs is 1. The highest BCUT2D eigenvalue weighted by Crippen LogP contribution is 2.32. The van der Waals surface area contributed by atoms with Gasteiger partial charge in [-0.2, -0.15) is 0 Å². The fraction of sp³-hybridized carbons (Fsp3) is 0.353. The third-order valence-electron chi connectivity index (χ3n) is 4.14. The molecule has 2 aromatic carbocycles. The van der Waals surface area contributed by atoms with Crippen molar-refractivity contribution in [1.82, 2.24) is 0 Å². The van der Waals surface area contributed by atoms with Gasteiger partial charge in [0.05, 0.1) is 0 Å². The molecule has 0 N–H and O–H groups in total. The molecule has 18 heavy (non-hydrogen) atoms. The van der Waals surface area contributed by atoms with Gasteiger partial charge in [-0.15, -0.1) is 0 Å². The number of Topliss-reactive ketones (excluding diaryl/α,β-unsaturated/α-hetero) is 1. The van der Waals surface area contributed by atoms with Gasteiger partial charge in [-0.1, -0.05) is 55.7 Å². The first kappa shape index (κ1) is 11.5. The lowest BCUT2D eigenvalue weighted by Gasteiger charge is -2.24. The molecule has 92 valence electrons. The second kappa shape index (κ2) is 4.56. The van der Waals surface area contributed by atoms with Crippen LogP contribution in [0.3, 0.4) is 0 Å². The predicted octanol–water partition coefficient (Wildman–Crippen LogP) is 4.52. The van der Waals surface area contributed by atoms with Crippen molar-refractivity contribution < 1.29 is 4.79 Å². The van der Waals surface area contributed by atoms with Crippen LogP contribution in [0.1, 0.15) is 41.6 Å². The molecule has 0 saturated heterocycles. The summed E-state index contributed by atoms with van der Waals surface area (Å²) in [5, 5.41) is 2.32. The standard InChI is InChI=1S/C17H18O/c1-12-9-10-16(15-8-3-2-7-14(12)15)17(18)11-13-5-4-6-13/h2-3,7-10,13H,4-6,11H2,1H3. The van der Waals surface area contributed by atoms with Gasteiger partial charge in [-0.05, 0) is 29.2 Å². The lowest BCUT2D eigenvalue weighted by molar-refractivity contribution is 0.0938. The van der Waals surface area contributed by atoms with Crippen molar-refractivity contribution in [2.24, 2.45) is 5.92 Å². The molecule has 1 heteroatoms. The van der Waals surface area contributed by atoms with Crippen molar-refractivity contribution >= 4 is 16.6 Å². The third-order valence-corrected chi connectivity index (χ3v) is 4.14. The third kappa shape index (κ3) is 1.94. The van der Waals surface area contributed by atoms with Crippen LogP contribution in [0.2, 0.25) is 0 Å². The van der Waals surface area contributed by atoms with Gasteiger partial charge in [0.1, 0.15) is 0 Å². The first-order valence-electron chi connectivity index (χ1n) is 6.77. The highest BCUT2D eigenvalue weighted by atomic mass is 16.1. The average molecular weight is 238 g/mol. The molecule has 2 aromatic rings. The summed E-state index contributed by atoms with van der Waals surface area (Å²) in [5.74, 6) is 0.952. The molecule has 1 nitrogen and oxygen atoms in total. The van der Waals surface area contributed by atoms with Crippen LogP contribution >= 0.6 is 0 Å². The Morgan fingerprint density at radius 1 is 1.11 bits per heavy atom. The number of benzene rings is 2. The topological polar surface area (TPSA) is 17.1 Å². The summed E-state index contributed by atoms with van der Waals surface area (Å²) in [6.07, 6.45) is 4.49. The van der Waals surface area contributed by atoms with Crippen molar-refractivity contribution in [2.75, 3.05) is 0 Å². The molecule has 1 aliphatic rings. The summed E-state index contributed by atoms with van der Waals surface area (Å²) in [6.45, 7) is 2.10. The second-order valence-corrected chi connectivity index (χ2v) is 5.40. The highest BCUT2D eigenvalue weighted by Gasteiger charge is 2.22. The van der Waals surface area contributed by atoms with E-state index in [1.54, 1.807) is 0 Å². The van der Waals surface area contributed by atoms with E-state index >= 15 is 0 Å². The van der Waals surface area contributed by atoms with Crippen LogP contribution < -0.4 is 0 Å². The van der Waals surface area contributed by atoms with Crippen LogP contribution in [-0.4, -0.2) is 5.78 Å². The summed E-state index contributed by atoms with van der Waals surface area (Å²) < 4.78 is 0. The quantitative estimate of drug-likeness (QED) is 0.718. The van der Waals surface area contributed by atoms with Crippen LogP contribution in [0, 0.1) is 12.8 Å². The van der Waals surface area contributed by atoms with Crippen LogP contribution in [0.25, 0.3) is 10.8 Å². The van der Waals surface area contributed by atoms with Gasteiger partial charge in [0.2, 0.25) is 0 Å². The molecule has 3 rings (SSSR count). The number of hydrogen-bond acceptors (Lipinski definition) is 1. The van der Waals surface area contributed by atoms with Gasteiger partial charge < -0.3 is 0 Å². The second-order valence-electron chi connectivity index (χ2n) is 5.40. The van der Waals surface area contributed by atoms with Gasteiger partial charge in [0.15, 0.2) is 5.78 Å². The number of hydrogen-bond donors (Lipinski definition) is 0. The molecular formula is C17H18O. The van der Waals surface area contributed by atoms with E-state index in [9.17, 15) is 4.79 Å². The minimum absolute atomic E-state index is 0.316. The number of aryl methyl sites for hydroxylation is 1. The zero-order chi connectivity index (χ0) is 12.5. The molecule has 0 atom stereocenters. The van der Waals surface area contributed by atoms with E-state index in [1.165, 1.54) is 30.2 Å². The number of rotatable bonds is 3. The Morgan fingerprint density at radius 3 is 2.50 bits per heavy atom. The van der Waals surface area contributed by atoms with Gasteiger partial charge in [-0.25, -0.2) is 0 Å². The maximum atomic E-state index is 12.4. The molecule has 0 bridgehead atoms. The Balaban J connectivity index is 2.00. The van der Waals surface area contributed by atoms with Gasteiger partial charge in [0, 0.05) is 12.0 Å². The van der Waals surface area contributed by atoms with Gasteiger partial charge >= 0.3 is 0 Å². The fourth-order valence-corrected chi connectivity index (χ4v) is 2.76. The monoisotopic (exact) mass is 238 g/mol. The summed E-state index contributed by atoms with van der Waals surface area (Å²) in [7, 11) is 0. The average Bonchev–Trinajstić information content (AvgIpc) is 2.34. The minimum atomic E-state index is 0.316. The number of ketones is 1. The molecule has 0 spiro atoms. The Labute approximate surface area is 108 Å². The lowest BCUT2D eigenvalue weighted by atomic mass is 9.80. The highest BCUT2D eigenvalue weighted by molar-refractivity contribution is 6.08. The van der Waals surface area contributed by atoms with E-state index in [0.29, 0.717) is 11.7 Å². The minimum Gasteiger partial charge on any atom is -0.294 e. The summed E-state index contributed by atoms with van der Waals surface area (Å²) in [4.78, 5) is 12.4. The molecule has 0 unspecified atom stereocenters. The zero-order valence-corrected chi connectivity index (χ0v) is 10.8. The normalized spacial score (nSPS) is 15.6. The van der Waals surface area contributed by atoms with Gasteiger partial charge in [-0.3, -0.25) is 4.79 Å². The van der Waals surface area contributed by atoms with Gasteiger partial charge in [0.25, 0.3) is 0 Å². The lowest BCUT2D eigenvalue weighted by Crippen LogP contribution is -2.16.